The molecule has 0 saturated carbocycles. The minimum Gasteiger partial charge on any atom is -0.493 e. The highest BCUT2D eigenvalue weighted by atomic mass is 35.5. The molecule has 9 nitrogen and oxygen atoms in total. The van der Waals surface area contributed by atoms with Crippen LogP contribution in [0.4, 0.5) is 5.82 Å². The predicted octanol–water partition coefficient (Wildman–Crippen LogP) is 4.66. The minimum absolute atomic E-state index is 0. The van der Waals surface area contributed by atoms with Crippen LogP contribution in [-0.4, -0.2) is 52.1 Å². The number of nitrogens with zero attached hydrogens (tertiary/aromatic N) is 3. The van der Waals surface area contributed by atoms with Crippen LogP contribution in [0.2, 0.25) is 5.02 Å². The van der Waals surface area contributed by atoms with E-state index in [4.69, 9.17) is 31.0 Å². The highest BCUT2D eigenvalue weighted by molar-refractivity contribution is 6.31. The molecule has 0 bridgehead atoms. The van der Waals surface area contributed by atoms with Crippen molar-refractivity contribution < 1.29 is 17.1 Å². The van der Waals surface area contributed by atoms with Gasteiger partial charge in [0.1, 0.15) is 17.0 Å². The number of fused-ring (bicyclic) bond motifs is 2. The summed E-state index contributed by atoms with van der Waals surface area (Å²) in [5.74, 6) is 1.84. The third kappa shape index (κ3) is 4.23. The smallest absolute Gasteiger partial charge is 0.245 e. The Balaban J connectivity index is 0.00000216. The maximum absolute atomic E-state index is 12.7. The lowest BCUT2D eigenvalue weighted by Crippen LogP contribution is -2.48. The van der Waals surface area contributed by atoms with Gasteiger partial charge in [-0.15, -0.1) is 0 Å². The molecule has 4 aromatic rings. The lowest BCUT2D eigenvalue weighted by Gasteiger charge is -2.26. The number of halogens is 1. The summed E-state index contributed by atoms with van der Waals surface area (Å²) >= 11 is 6.18. The van der Waals surface area contributed by atoms with Gasteiger partial charge in [0.15, 0.2) is 17.3 Å². The van der Waals surface area contributed by atoms with E-state index in [2.05, 4.69) is 20.6 Å². The molecule has 3 N–H and O–H groups in total. The van der Waals surface area contributed by atoms with E-state index < -0.39 is 5.54 Å². The number of nitrogens with one attached hydrogen (secondary N) is 3. The summed E-state index contributed by atoms with van der Waals surface area (Å²) in [6, 6.07) is 5.38. The number of aromatic nitrogens is 4. The molecule has 10 heteroatoms. The first-order valence-corrected chi connectivity index (χ1v) is 10.8. The summed E-state index contributed by atoms with van der Waals surface area (Å²) in [6.07, 6.45) is 3.36. The summed E-state index contributed by atoms with van der Waals surface area (Å²) in [5.41, 5.74) is 1.08. The molecule has 1 amide bonds. The Morgan fingerprint density at radius 2 is 1.88 bits per heavy atom. The van der Waals surface area contributed by atoms with E-state index in [1.165, 1.54) is 0 Å². The van der Waals surface area contributed by atoms with Gasteiger partial charge in [-0.3, -0.25) is 4.79 Å². The minimum atomic E-state index is -0.938. The van der Waals surface area contributed by atoms with Gasteiger partial charge in [-0.25, -0.2) is 15.0 Å². The lowest BCUT2D eigenvalue weighted by molar-refractivity contribution is -0.124. The van der Waals surface area contributed by atoms with Gasteiger partial charge in [0.05, 0.1) is 24.8 Å². The number of carbonyl (C=O) groups is 1. The van der Waals surface area contributed by atoms with E-state index in [9.17, 15) is 4.79 Å². The zero-order valence-corrected chi connectivity index (χ0v) is 19.8. The molecule has 0 unspecified atom stereocenters. The van der Waals surface area contributed by atoms with Gasteiger partial charge in [-0.05, 0) is 32.9 Å². The Hall–Kier alpha value is -3.59. The van der Waals surface area contributed by atoms with Crippen molar-refractivity contribution >= 4 is 45.3 Å². The molecule has 3 aromatic heterocycles. The van der Waals surface area contributed by atoms with Crippen molar-refractivity contribution in [2.45, 2.75) is 26.3 Å². The largest absolute Gasteiger partial charge is 0.493 e. The van der Waals surface area contributed by atoms with Gasteiger partial charge >= 0.3 is 0 Å². The number of hydrogen-bond acceptors (Lipinski definition) is 7. The Bertz CT molecular complexity index is 1360. The Kier molecular flexibility index (Phi) is 5.99. The van der Waals surface area contributed by atoms with Crippen molar-refractivity contribution in [3.8, 4) is 22.9 Å². The topological polar surface area (TPSA) is 114 Å². The molecule has 1 aromatic carbocycles. The van der Waals surface area contributed by atoms with Crippen LogP contribution in [0, 0.1) is 0 Å². The van der Waals surface area contributed by atoms with Gasteiger partial charge in [0.25, 0.3) is 0 Å². The number of ether oxygens (including phenoxy) is 2. The van der Waals surface area contributed by atoms with E-state index in [0.717, 1.165) is 10.9 Å². The van der Waals surface area contributed by atoms with Crippen LogP contribution in [-0.2, 0) is 4.79 Å². The molecule has 0 saturated heterocycles. The number of hydrogen-bond donors (Lipinski definition) is 3. The molecule has 3 heterocycles. The van der Waals surface area contributed by atoms with Crippen molar-refractivity contribution in [2.75, 3.05) is 26.1 Å². The van der Waals surface area contributed by atoms with E-state index in [1.54, 1.807) is 52.6 Å². The maximum atomic E-state index is 12.7. The summed E-state index contributed by atoms with van der Waals surface area (Å²) < 4.78 is 10.9. The average Bonchev–Trinajstić information content (AvgIpc) is 3.21. The van der Waals surface area contributed by atoms with Crippen molar-refractivity contribution in [1.82, 2.24) is 25.3 Å². The van der Waals surface area contributed by atoms with Gasteiger partial charge in [0.2, 0.25) is 5.91 Å². The molecule has 4 rings (SSSR count). The third-order valence-corrected chi connectivity index (χ3v) is 5.48. The first-order chi connectivity index (χ1) is 15.8. The zero-order valence-electron chi connectivity index (χ0n) is 19.0. The van der Waals surface area contributed by atoms with Crippen LogP contribution < -0.4 is 20.1 Å². The molecule has 33 heavy (non-hydrogen) atoms. The van der Waals surface area contributed by atoms with Gasteiger partial charge in [-0.1, -0.05) is 11.6 Å². The number of anilines is 1. The van der Waals surface area contributed by atoms with Gasteiger partial charge in [-0.2, -0.15) is 0 Å². The highest BCUT2D eigenvalue weighted by Crippen LogP contribution is 2.37. The summed E-state index contributed by atoms with van der Waals surface area (Å²) in [7, 11) is 3.13. The Morgan fingerprint density at radius 1 is 1.15 bits per heavy atom. The molecule has 176 valence electrons. The van der Waals surface area contributed by atoms with Crippen LogP contribution in [0.1, 0.15) is 23.6 Å². The monoisotopic (exact) mass is 472 g/mol. The van der Waals surface area contributed by atoms with Gasteiger partial charge in [0, 0.05) is 44.2 Å². The van der Waals surface area contributed by atoms with Crippen molar-refractivity contribution in [2.24, 2.45) is 0 Å². The van der Waals surface area contributed by atoms with Gasteiger partial charge < -0.3 is 25.1 Å². The molecule has 0 radical (unpaired) electrons. The number of pyridine rings is 1. The average molecular weight is 473 g/mol. The Morgan fingerprint density at radius 3 is 2.58 bits per heavy atom. The van der Waals surface area contributed by atoms with E-state index in [0.29, 0.717) is 51.3 Å². The number of H-pyrrole nitrogens is 1. The number of aromatic amines is 1. The van der Waals surface area contributed by atoms with Crippen LogP contribution in [0.5, 0.6) is 11.5 Å². The standard InChI is InChI=1S/C23H25ClN6O3.2H2/c1-6-25-22(31)23(2,3)30-21-14-8-17(32-4)18(33-5)9-16(14)28-20(29-21)15-11-27-19-13(15)7-12(24)10-26-19;;/h7-11H,6H2,1-5H3,(H,25,31)(H,26,27)(H,28,29,30);2*1H. The van der Waals surface area contributed by atoms with Crippen LogP contribution in [0.3, 0.4) is 0 Å². The van der Waals surface area contributed by atoms with E-state index >= 15 is 0 Å². The molecule has 0 fully saturated rings. The fourth-order valence-electron chi connectivity index (χ4n) is 3.57. The number of amides is 1. The number of likely N-dealkylation sites (N-methyl/N-ethyl adjacent to an activating group) is 1. The Labute approximate surface area is 198 Å². The fraction of sp³-hybridized carbons (Fsp3) is 0.304. The second-order valence-corrected chi connectivity index (χ2v) is 8.42. The molecule has 0 spiro atoms. The maximum Gasteiger partial charge on any atom is 0.245 e. The summed E-state index contributed by atoms with van der Waals surface area (Å²) in [4.78, 5) is 29.7. The summed E-state index contributed by atoms with van der Waals surface area (Å²) in [5, 5.41) is 8.11. The quantitative estimate of drug-likeness (QED) is 0.358. The number of methoxy groups -OCH3 is 2. The molecule has 0 aliphatic rings. The molecule has 0 aliphatic heterocycles. The van der Waals surface area contributed by atoms with E-state index in [1.807, 2.05) is 13.0 Å². The van der Waals surface area contributed by atoms with E-state index in [-0.39, 0.29) is 8.76 Å². The zero-order chi connectivity index (χ0) is 23.8. The molecule has 0 atom stereocenters. The van der Waals surface area contributed by atoms with Crippen molar-refractivity contribution in [1.29, 1.82) is 0 Å². The van der Waals surface area contributed by atoms with Crippen molar-refractivity contribution in [3.63, 3.8) is 0 Å². The highest BCUT2D eigenvalue weighted by Gasteiger charge is 2.29. The van der Waals surface area contributed by atoms with Crippen LogP contribution in [0.15, 0.2) is 30.6 Å². The second kappa shape index (κ2) is 8.74. The van der Waals surface area contributed by atoms with Crippen LogP contribution >= 0.6 is 11.6 Å². The normalized spacial score (nSPS) is 11.6. The third-order valence-electron chi connectivity index (χ3n) is 5.28. The van der Waals surface area contributed by atoms with Crippen molar-refractivity contribution in [3.05, 3.63) is 35.6 Å². The van der Waals surface area contributed by atoms with Crippen LogP contribution in [0.25, 0.3) is 33.3 Å². The second-order valence-electron chi connectivity index (χ2n) is 7.98. The fourth-order valence-corrected chi connectivity index (χ4v) is 3.73. The molecular formula is C23H29ClN6O3. The first-order valence-electron chi connectivity index (χ1n) is 10.4. The molecular weight excluding hydrogens is 444 g/mol. The number of benzene rings is 1. The first kappa shape index (κ1) is 22.6. The number of rotatable bonds is 7. The lowest BCUT2D eigenvalue weighted by atomic mass is 10.0. The number of carbonyl (C=O) groups excluding carboxylic acids is 1. The molecule has 0 aliphatic carbocycles. The summed E-state index contributed by atoms with van der Waals surface area (Å²) in [6.45, 7) is 5.98. The predicted molar refractivity (Wildman–Crippen MR) is 133 cm³/mol. The SMILES string of the molecule is CCNC(=O)C(C)(C)Nc1nc(-c2c[nH]c3ncc(Cl)cc23)nc2cc(OC)c(OC)cc12.[HH].[HH].